The molecular formula is C14H14Br2N6O4. The van der Waals surface area contributed by atoms with E-state index in [4.69, 9.17) is 19.9 Å². The van der Waals surface area contributed by atoms with Gasteiger partial charge in [0.15, 0.2) is 11.4 Å². The zero-order valence-electron chi connectivity index (χ0n) is 14.0. The number of H-pyrrole nitrogens is 1. The number of nitrogen functional groups attached to an aromatic ring is 1. The van der Waals surface area contributed by atoms with E-state index >= 15 is 0 Å². The summed E-state index contributed by atoms with van der Waals surface area (Å²) in [5.74, 6) is 1.00. The Hall–Kier alpha value is -2.34. The summed E-state index contributed by atoms with van der Waals surface area (Å²) >= 11 is 6.71. The van der Waals surface area contributed by atoms with Gasteiger partial charge in [0.1, 0.15) is 10.1 Å². The van der Waals surface area contributed by atoms with Crippen LogP contribution in [0.15, 0.2) is 13.9 Å². The summed E-state index contributed by atoms with van der Waals surface area (Å²) in [5, 5.41) is 0. The van der Waals surface area contributed by atoms with Crippen molar-refractivity contribution in [1.82, 2.24) is 24.5 Å². The van der Waals surface area contributed by atoms with Crippen LogP contribution in [0.2, 0.25) is 0 Å². The third kappa shape index (κ3) is 2.98. The minimum absolute atomic E-state index is 0.0361. The van der Waals surface area contributed by atoms with Crippen molar-refractivity contribution in [2.75, 3.05) is 27.1 Å². The molecule has 0 aliphatic heterocycles. The first kappa shape index (κ1) is 18.5. The van der Waals surface area contributed by atoms with Crippen LogP contribution in [0.4, 0.5) is 5.95 Å². The third-order valence-electron chi connectivity index (χ3n) is 3.59. The molecule has 12 heteroatoms. The number of hydrogen-bond acceptors (Lipinski definition) is 8. The van der Waals surface area contributed by atoms with Gasteiger partial charge >= 0.3 is 5.69 Å². The monoisotopic (exact) mass is 488 g/mol. The number of aromatic amines is 1. The topological polar surface area (TPSA) is 130 Å². The summed E-state index contributed by atoms with van der Waals surface area (Å²) in [5.41, 5.74) is 6.57. The van der Waals surface area contributed by atoms with Crippen molar-refractivity contribution in [3.8, 4) is 17.4 Å². The lowest BCUT2D eigenvalue weighted by molar-refractivity contribution is 0.313. The Morgan fingerprint density at radius 2 is 1.77 bits per heavy atom. The largest absolute Gasteiger partial charge is 0.492 e. The quantitative estimate of drug-likeness (QED) is 0.518. The molecule has 0 amide bonds. The fourth-order valence-electron chi connectivity index (χ4n) is 2.46. The van der Waals surface area contributed by atoms with Crippen molar-refractivity contribution in [3.63, 3.8) is 0 Å². The lowest BCUT2D eigenvalue weighted by Crippen LogP contribution is -2.19. The molecule has 0 spiro atoms. The number of pyridine rings is 1. The standard InChI is InChI=1S/C14H14Br2N6O4/c1-24-8-6(15)5(18-12(26-3)9(8)25-2)4-22-11-7(19-14(22)23)10(16)20-13(17)21-11/h4H2,1-3H3,(H,19,23)(H2,17,20,21). The molecular weight excluding hydrogens is 476 g/mol. The van der Waals surface area contributed by atoms with Gasteiger partial charge in [-0.05, 0) is 31.9 Å². The molecule has 3 rings (SSSR count). The van der Waals surface area contributed by atoms with Gasteiger partial charge in [-0.25, -0.2) is 14.8 Å². The Bertz CT molecular complexity index is 1050. The average Bonchev–Trinajstić information content (AvgIpc) is 2.92. The predicted molar refractivity (Wildman–Crippen MR) is 101 cm³/mol. The van der Waals surface area contributed by atoms with Crippen LogP contribution in [0.25, 0.3) is 11.2 Å². The van der Waals surface area contributed by atoms with Gasteiger partial charge in [0.2, 0.25) is 11.7 Å². The van der Waals surface area contributed by atoms with Crippen LogP contribution in [0.1, 0.15) is 5.69 Å². The second kappa shape index (κ2) is 7.11. The smallest absolute Gasteiger partial charge is 0.328 e. The van der Waals surface area contributed by atoms with Crippen molar-refractivity contribution < 1.29 is 14.2 Å². The van der Waals surface area contributed by atoms with Crippen LogP contribution in [-0.4, -0.2) is 45.8 Å². The molecule has 26 heavy (non-hydrogen) atoms. The van der Waals surface area contributed by atoms with Gasteiger partial charge in [-0.1, -0.05) is 0 Å². The number of imidazole rings is 1. The number of hydrogen-bond donors (Lipinski definition) is 2. The molecule has 3 N–H and O–H groups in total. The average molecular weight is 490 g/mol. The minimum atomic E-state index is -0.386. The van der Waals surface area contributed by atoms with Crippen LogP contribution in [0.5, 0.6) is 17.4 Å². The number of nitrogens with two attached hydrogens (primary N) is 1. The Labute approximate surface area is 164 Å². The maximum absolute atomic E-state index is 12.4. The lowest BCUT2D eigenvalue weighted by atomic mass is 10.3. The molecule has 3 aromatic heterocycles. The van der Waals surface area contributed by atoms with E-state index in [-0.39, 0.29) is 24.1 Å². The lowest BCUT2D eigenvalue weighted by Gasteiger charge is -2.15. The fourth-order valence-corrected chi connectivity index (χ4v) is 3.48. The van der Waals surface area contributed by atoms with Crippen molar-refractivity contribution in [1.29, 1.82) is 0 Å². The van der Waals surface area contributed by atoms with E-state index in [1.54, 1.807) is 0 Å². The summed E-state index contributed by atoms with van der Waals surface area (Å²) in [6.07, 6.45) is 0. The number of halogens is 2. The summed E-state index contributed by atoms with van der Waals surface area (Å²) in [6, 6.07) is 0. The molecule has 0 unspecified atom stereocenters. The van der Waals surface area contributed by atoms with E-state index in [0.29, 0.717) is 37.4 Å². The van der Waals surface area contributed by atoms with Crippen LogP contribution >= 0.6 is 31.9 Å². The number of anilines is 1. The molecule has 3 aromatic rings. The van der Waals surface area contributed by atoms with E-state index in [0.717, 1.165) is 0 Å². The van der Waals surface area contributed by atoms with Crippen LogP contribution in [0, 0.1) is 0 Å². The minimum Gasteiger partial charge on any atom is -0.492 e. The van der Waals surface area contributed by atoms with Gasteiger partial charge in [0, 0.05) is 0 Å². The molecule has 0 aliphatic carbocycles. The van der Waals surface area contributed by atoms with Crippen molar-refractivity contribution in [2.45, 2.75) is 6.54 Å². The number of fused-ring (bicyclic) bond motifs is 1. The third-order valence-corrected chi connectivity index (χ3v) is 4.99. The first-order valence-corrected chi connectivity index (χ1v) is 8.75. The Morgan fingerprint density at radius 1 is 1.08 bits per heavy atom. The van der Waals surface area contributed by atoms with Crippen LogP contribution in [-0.2, 0) is 6.54 Å². The molecule has 0 saturated heterocycles. The second-order valence-corrected chi connectivity index (χ2v) is 6.58. The van der Waals surface area contributed by atoms with Gasteiger partial charge in [0.25, 0.3) is 5.88 Å². The van der Waals surface area contributed by atoms with Gasteiger partial charge in [-0.2, -0.15) is 4.98 Å². The first-order valence-electron chi connectivity index (χ1n) is 7.17. The summed E-state index contributed by atoms with van der Waals surface area (Å²) in [6.45, 7) is 0.0824. The highest BCUT2D eigenvalue weighted by atomic mass is 79.9. The molecule has 10 nitrogen and oxygen atoms in total. The molecule has 0 bridgehead atoms. The molecule has 0 radical (unpaired) electrons. The summed E-state index contributed by atoms with van der Waals surface area (Å²) in [4.78, 5) is 27.6. The molecule has 0 aliphatic rings. The van der Waals surface area contributed by atoms with Gasteiger partial charge in [-0.3, -0.25) is 4.57 Å². The Balaban J connectivity index is 2.20. The molecule has 0 fully saturated rings. The number of rotatable bonds is 5. The maximum Gasteiger partial charge on any atom is 0.328 e. The van der Waals surface area contributed by atoms with E-state index in [9.17, 15) is 4.79 Å². The highest BCUT2D eigenvalue weighted by Crippen LogP contribution is 2.42. The van der Waals surface area contributed by atoms with Crippen LogP contribution in [0.3, 0.4) is 0 Å². The zero-order valence-corrected chi connectivity index (χ0v) is 17.1. The number of nitrogens with zero attached hydrogens (tertiary/aromatic N) is 4. The van der Waals surface area contributed by atoms with E-state index in [1.165, 1.54) is 25.9 Å². The molecule has 138 valence electrons. The number of aromatic nitrogens is 5. The number of methoxy groups -OCH3 is 3. The number of ether oxygens (including phenoxy) is 3. The molecule has 0 saturated carbocycles. The highest BCUT2D eigenvalue weighted by Gasteiger charge is 2.22. The first-order chi connectivity index (χ1) is 12.4. The van der Waals surface area contributed by atoms with Crippen molar-refractivity contribution in [3.05, 3.63) is 25.3 Å². The second-order valence-electron chi connectivity index (χ2n) is 5.04. The van der Waals surface area contributed by atoms with Gasteiger partial charge in [0.05, 0.1) is 38.0 Å². The van der Waals surface area contributed by atoms with Crippen LogP contribution < -0.4 is 25.6 Å². The Kier molecular flexibility index (Phi) is 5.05. The SMILES string of the molecule is COc1nc(Cn2c(=O)[nH]c3c(Br)nc(N)nc32)c(Br)c(OC)c1OC. The van der Waals surface area contributed by atoms with E-state index < -0.39 is 0 Å². The summed E-state index contributed by atoms with van der Waals surface area (Å²) in [7, 11) is 4.44. The normalized spacial score (nSPS) is 11.0. The Morgan fingerprint density at radius 3 is 2.38 bits per heavy atom. The maximum atomic E-state index is 12.4. The fraction of sp³-hybridized carbons (Fsp3) is 0.286. The van der Waals surface area contributed by atoms with Gasteiger partial charge in [-0.15, -0.1) is 0 Å². The molecule has 3 heterocycles. The molecule has 0 aromatic carbocycles. The predicted octanol–water partition coefficient (Wildman–Crippen LogP) is 1.70. The molecule has 0 atom stereocenters. The highest BCUT2D eigenvalue weighted by molar-refractivity contribution is 9.11. The van der Waals surface area contributed by atoms with E-state index in [1.807, 2.05) is 0 Å². The van der Waals surface area contributed by atoms with Gasteiger partial charge < -0.3 is 24.9 Å². The number of nitrogens with one attached hydrogen (secondary N) is 1. The zero-order chi connectivity index (χ0) is 19.0. The summed E-state index contributed by atoms with van der Waals surface area (Å²) < 4.78 is 18.3. The van der Waals surface area contributed by atoms with Crippen molar-refractivity contribution >= 4 is 49.0 Å². The van der Waals surface area contributed by atoms with E-state index in [2.05, 4.69) is 51.8 Å². The van der Waals surface area contributed by atoms with Crippen molar-refractivity contribution in [2.24, 2.45) is 0 Å².